The van der Waals surface area contributed by atoms with E-state index >= 15 is 0 Å². The lowest BCUT2D eigenvalue weighted by atomic mass is 9.74. The van der Waals surface area contributed by atoms with Gasteiger partial charge < -0.3 is 24.3 Å². The lowest BCUT2D eigenvalue weighted by molar-refractivity contribution is 0.0199. The monoisotopic (exact) mass is 369 g/mol. The maximum Gasteiger partial charge on any atom is 0.552 e. The number of hydrogen-bond donors (Lipinski definition) is 2. The van der Waals surface area contributed by atoms with Crippen LogP contribution in [0.3, 0.4) is 0 Å². The predicted molar refractivity (Wildman–Crippen MR) is 103 cm³/mol. The van der Waals surface area contributed by atoms with Crippen molar-refractivity contribution in [3.05, 3.63) is 30.0 Å². The largest absolute Gasteiger partial charge is 0.552 e. The van der Waals surface area contributed by atoms with Crippen LogP contribution < -0.4 is 4.65 Å². The van der Waals surface area contributed by atoms with E-state index in [2.05, 4.69) is 9.97 Å². The van der Waals surface area contributed by atoms with Crippen LogP contribution in [0.4, 0.5) is 4.79 Å². The van der Waals surface area contributed by atoms with Gasteiger partial charge in [-0.2, -0.15) is 0 Å². The van der Waals surface area contributed by atoms with Crippen LogP contribution in [0.2, 0.25) is 0 Å². The van der Waals surface area contributed by atoms with Crippen molar-refractivity contribution in [2.45, 2.75) is 39.2 Å². The van der Waals surface area contributed by atoms with Gasteiger partial charge >= 0.3 is 13.2 Å². The SMILES string of the molecule is CC(C)(C)OC(=O)N1CCC(C2=CB(O)Oc3cnc4[nH]ccc4c32)CC1. The number of H-pyrrole nitrogens is 1. The minimum absolute atomic E-state index is 0.237. The molecule has 7 nitrogen and oxygen atoms in total. The number of hydrogen-bond acceptors (Lipinski definition) is 5. The summed E-state index contributed by atoms with van der Waals surface area (Å²) in [6, 6.07) is 1.98. The average molecular weight is 369 g/mol. The number of piperidine rings is 1. The topological polar surface area (TPSA) is 87.7 Å². The molecule has 142 valence electrons. The highest BCUT2D eigenvalue weighted by atomic mass is 16.6. The summed E-state index contributed by atoms with van der Waals surface area (Å²) >= 11 is 0. The van der Waals surface area contributed by atoms with Gasteiger partial charge in [0.2, 0.25) is 0 Å². The number of fused-ring (bicyclic) bond motifs is 3. The van der Waals surface area contributed by atoms with Gasteiger partial charge in [-0.15, -0.1) is 0 Å². The number of nitrogens with zero attached hydrogens (tertiary/aromatic N) is 2. The van der Waals surface area contributed by atoms with E-state index < -0.39 is 12.7 Å². The Morgan fingerprint density at radius 2 is 2.15 bits per heavy atom. The van der Waals surface area contributed by atoms with Crippen molar-refractivity contribution in [1.82, 2.24) is 14.9 Å². The molecule has 0 bridgehead atoms. The highest BCUT2D eigenvalue weighted by Crippen LogP contribution is 2.42. The van der Waals surface area contributed by atoms with Crippen molar-refractivity contribution in [2.24, 2.45) is 5.92 Å². The number of amides is 1. The van der Waals surface area contributed by atoms with Crippen LogP contribution in [-0.2, 0) is 4.74 Å². The average Bonchev–Trinajstić information content (AvgIpc) is 3.08. The number of nitrogens with one attached hydrogen (secondary N) is 1. The molecule has 0 radical (unpaired) electrons. The summed E-state index contributed by atoms with van der Waals surface area (Å²) in [4.78, 5) is 21.5. The summed E-state index contributed by atoms with van der Waals surface area (Å²) < 4.78 is 11.0. The van der Waals surface area contributed by atoms with Crippen molar-refractivity contribution < 1.29 is 19.2 Å². The predicted octanol–water partition coefficient (Wildman–Crippen LogP) is 3.01. The van der Waals surface area contributed by atoms with Gasteiger partial charge in [-0.25, -0.2) is 9.78 Å². The molecule has 0 spiro atoms. The Morgan fingerprint density at radius 3 is 2.85 bits per heavy atom. The molecule has 4 rings (SSSR count). The van der Waals surface area contributed by atoms with Gasteiger partial charge in [-0.05, 0) is 57.1 Å². The van der Waals surface area contributed by atoms with Crippen molar-refractivity contribution in [1.29, 1.82) is 0 Å². The van der Waals surface area contributed by atoms with Crippen molar-refractivity contribution in [2.75, 3.05) is 13.1 Å². The van der Waals surface area contributed by atoms with E-state index in [1.54, 1.807) is 17.1 Å². The van der Waals surface area contributed by atoms with Crippen molar-refractivity contribution >= 4 is 29.8 Å². The van der Waals surface area contributed by atoms with Crippen LogP contribution in [0.1, 0.15) is 39.2 Å². The molecule has 1 fully saturated rings. The Morgan fingerprint density at radius 1 is 1.41 bits per heavy atom. The smallest absolute Gasteiger partial charge is 0.531 e. The first-order valence-electron chi connectivity index (χ1n) is 9.32. The van der Waals surface area contributed by atoms with Gasteiger partial charge in [0, 0.05) is 30.2 Å². The number of rotatable bonds is 1. The fourth-order valence-electron chi connectivity index (χ4n) is 3.82. The lowest BCUT2D eigenvalue weighted by Crippen LogP contribution is -2.42. The molecule has 2 aromatic heterocycles. The third kappa shape index (κ3) is 3.54. The summed E-state index contributed by atoms with van der Waals surface area (Å²) in [5.74, 6) is 2.62. The van der Waals surface area contributed by atoms with E-state index in [4.69, 9.17) is 9.39 Å². The molecule has 0 aliphatic carbocycles. The molecule has 27 heavy (non-hydrogen) atoms. The van der Waals surface area contributed by atoms with Crippen molar-refractivity contribution in [3.8, 4) is 5.75 Å². The van der Waals surface area contributed by atoms with Crippen LogP contribution >= 0.6 is 0 Å². The van der Waals surface area contributed by atoms with Gasteiger partial charge in [0.05, 0.1) is 6.20 Å². The summed E-state index contributed by atoms with van der Waals surface area (Å²) in [6.07, 6.45) is 4.86. The van der Waals surface area contributed by atoms with Crippen LogP contribution in [0.5, 0.6) is 5.75 Å². The first kappa shape index (κ1) is 17.9. The van der Waals surface area contributed by atoms with E-state index in [0.717, 1.165) is 35.0 Å². The normalized spacial score (nSPS) is 18.1. The number of carbonyl (C=O) groups is 1. The number of aromatic amines is 1. The maximum atomic E-state index is 12.3. The Balaban J connectivity index is 1.55. The zero-order valence-corrected chi connectivity index (χ0v) is 15.9. The number of carbonyl (C=O) groups excluding carboxylic acids is 1. The third-order valence-electron chi connectivity index (χ3n) is 5.00. The maximum absolute atomic E-state index is 12.3. The Bertz CT molecular complexity index is 894. The Hall–Kier alpha value is -2.48. The van der Waals surface area contributed by atoms with Gasteiger partial charge in [-0.1, -0.05) is 0 Å². The second-order valence-electron chi connectivity index (χ2n) is 8.11. The van der Waals surface area contributed by atoms with Crippen molar-refractivity contribution in [3.63, 3.8) is 0 Å². The molecule has 1 saturated heterocycles. The zero-order valence-electron chi connectivity index (χ0n) is 15.9. The summed E-state index contributed by atoms with van der Waals surface area (Å²) in [5.41, 5.74) is 2.36. The molecule has 2 aromatic rings. The van der Waals surface area contributed by atoms with Crippen LogP contribution in [-0.4, -0.2) is 51.8 Å². The minimum Gasteiger partial charge on any atom is -0.531 e. The number of ether oxygens (including phenoxy) is 1. The summed E-state index contributed by atoms with van der Waals surface area (Å²) in [5, 5.41) is 11.1. The quantitative estimate of drug-likeness (QED) is 0.755. The summed E-state index contributed by atoms with van der Waals surface area (Å²) in [7, 11) is -0.977. The number of allylic oxidation sites excluding steroid dienone is 1. The molecule has 2 N–H and O–H groups in total. The molecular formula is C19H24BN3O4. The highest BCUT2D eigenvalue weighted by Gasteiger charge is 2.34. The molecule has 4 heterocycles. The molecule has 0 aromatic carbocycles. The Kier molecular flexibility index (Phi) is 4.38. The van der Waals surface area contributed by atoms with Crippen LogP contribution in [0.15, 0.2) is 24.4 Å². The van der Waals surface area contributed by atoms with Gasteiger partial charge in [-0.3, -0.25) is 0 Å². The lowest BCUT2D eigenvalue weighted by Gasteiger charge is -2.35. The third-order valence-corrected chi connectivity index (χ3v) is 5.00. The van der Waals surface area contributed by atoms with E-state index in [0.29, 0.717) is 18.8 Å². The standard InChI is InChI=1S/C19H24BN3O4/c1-19(2,3)26-18(24)23-8-5-12(6-9-23)14-10-20(25)27-15-11-22-17-13(16(14)15)4-7-21-17/h4,7,10-12,25H,5-6,8-9H2,1-3H3,(H,21,22). The molecule has 2 aliphatic rings. The van der Waals surface area contributed by atoms with Gasteiger partial charge in [0.15, 0.2) is 0 Å². The minimum atomic E-state index is -0.977. The highest BCUT2D eigenvalue weighted by molar-refractivity contribution is 6.52. The molecule has 8 heteroatoms. The second kappa shape index (κ2) is 6.60. The second-order valence-corrected chi connectivity index (χ2v) is 8.11. The number of aromatic nitrogens is 2. The van der Waals surface area contributed by atoms with Crippen LogP contribution in [0, 0.1) is 5.92 Å². The molecule has 1 amide bonds. The van der Waals surface area contributed by atoms with Gasteiger partial charge in [0.25, 0.3) is 0 Å². The number of likely N-dealkylation sites (tertiary alicyclic amines) is 1. The molecule has 2 aliphatic heterocycles. The molecule has 0 unspecified atom stereocenters. The van der Waals surface area contributed by atoms with E-state index in [9.17, 15) is 9.82 Å². The molecule has 0 saturated carbocycles. The first-order valence-corrected chi connectivity index (χ1v) is 9.32. The molecular weight excluding hydrogens is 345 g/mol. The van der Waals surface area contributed by atoms with Crippen LogP contribution in [0.25, 0.3) is 16.6 Å². The molecule has 0 atom stereocenters. The first-order chi connectivity index (χ1) is 12.8. The van der Waals surface area contributed by atoms with Gasteiger partial charge in [0.1, 0.15) is 17.0 Å². The van der Waals surface area contributed by atoms with E-state index in [-0.39, 0.29) is 12.0 Å². The van der Waals surface area contributed by atoms with E-state index in [1.165, 1.54) is 0 Å². The summed E-state index contributed by atoms with van der Waals surface area (Å²) in [6.45, 7) is 6.88. The fraction of sp³-hybridized carbons (Fsp3) is 0.474. The Labute approximate surface area is 158 Å². The number of pyridine rings is 1. The van der Waals surface area contributed by atoms with E-state index in [1.807, 2.05) is 33.0 Å². The zero-order chi connectivity index (χ0) is 19.2. The fourth-order valence-corrected chi connectivity index (χ4v) is 3.82.